The Kier molecular flexibility index (Phi) is 6.81. The van der Waals surface area contributed by atoms with Crippen molar-refractivity contribution in [1.29, 1.82) is 0 Å². The molecule has 0 fully saturated rings. The minimum atomic E-state index is -0.383. The largest absolute Gasteiger partial charge is 0.494 e. The molecule has 1 N–H and O–H groups in total. The van der Waals surface area contributed by atoms with Gasteiger partial charge in [0, 0.05) is 22.6 Å². The molecule has 1 aliphatic carbocycles. The van der Waals surface area contributed by atoms with Gasteiger partial charge in [0.1, 0.15) is 12.4 Å². The molecule has 1 heterocycles. The number of nitro benzene ring substituents is 1. The van der Waals surface area contributed by atoms with Crippen LogP contribution in [-0.2, 0) is 6.61 Å². The fourth-order valence-corrected chi connectivity index (χ4v) is 5.84. The summed E-state index contributed by atoms with van der Waals surface area (Å²) in [6.45, 7) is 0.299. The van der Waals surface area contributed by atoms with E-state index in [1.165, 1.54) is 13.2 Å². The number of hydrogen-bond acceptors (Lipinski definition) is 6. The minimum Gasteiger partial charge on any atom is -0.494 e. The number of allylic oxidation sites excluding steroid dienone is 2. The average molecular weight is 572 g/mol. The number of benzene rings is 3. The first-order chi connectivity index (χ1) is 17.4. The fourth-order valence-electron chi connectivity index (χ4n) is 5.07. The predicted octanol–water partition coefficient (Wildman–Crippen LogP) is 7.43. The molecular weight excluding hydrogens is 548 g/mol. The van der Waals surface area contributed by atoms with E-state index in [1.54, 1.807) is 13.2 Å². The Labute approximate surface area is 222 Å². The number of hydrogen-bond donors (Lipinski definition) is 1. The van der Waals surface area contributed by atoms with Crippen LogP contribution < -0.4 is 19.5 Å². The number of nitrogens with one attached hydrogen (secondary N) is 1. The zero-order valence-electron chi connectivity index (χ0n) is 19.7. The van der Waals surface area contributed by atoms with Crippen LogP contribution in [0.1, 0.15) is 35.1 Å². The summed E-state index contributed by atoms with van der Waals surface area (Å²) < 4.78 is 18.1. The van der Waals surface area contributed by atoms with Crippen LogP contribution in [0.2, 0.25) is 5.02 Å². The van der Waals surface area contributed by atoms with Crippen molar-refractivity contribution in [3.8, 4) is 17.2 Å². The van der Waals surface area contributed by atoms with E-state index in [9.17, 15) is 10.1 Å². The van der Waals surface area contributed by atoms with Gasteiger partial charge in [-0.25, -0.2) is 0 Å². The second-order valence-corrected chi connectivity index (χ2v) is 10.0. The highest BCUT2D eigenvalue weighted by Crippen LogP contribution is 2.54. The lowest BCUT2D eigenvalue weighted by Gasteiger charge is -2.38. The van der Waals surface area contributed by atoms with Crippen LogP contribution in [0.15, 0.2) is 65.2 Å². The molecule has 0 spiro atoms. The summed E-state index contributed by atoms with van der Waals surface area (Å²) in [5.41, 5.74) is 3.56. The second kappa shape index (κ2) is 10.0. The molecular formula is C27H24BrClN2O5. The van der Waals surface area contributed by atoms with Crippen LogP contribution >= 0.6 is 27.5 Å². The highest BCUT2D eigenvalue weighted by atomic mass is 79.9. The summed E-state index contributed by atoms with van der Waals surface area (Å²) in [5, 5.41) is 15.8. The van der Waals surface area contributed by atoms with Gasteiger partial charge in [-0.15, -0.1) is 0 Å². The van der Waals surface area contributed by atoms with E-state index >= 15 is 0 Å². The monoisotopic (exact) mass is 570 g/mol. The van der Waals surface area contributed by atoms with Gasteiger partial charge in [-0.2, -0.15) is 0 Å². The topological polar surface area (TPSA) is 82.9 Å². The summed E-state index contributed by atoms with van der Waals surface area (Å²) in [5.74, 6) is 1.84. The Balaban J connectivity index is 1.50. The molecule has 5 rings (SSSR count). The zero-order chi connectivity index (χ0) is 25.4. The summed E-state index contributed by atoms with van der Waals surface area (Å²) in [6, 6.07) is 14.6. The van der Waals surface area contributed by atoms with Crippen LogP contribution in [0.25, 0.3) is 0 Å². The first-order valence-electron chi connectivity index (χ1n) is 11.4. The molecule has 0 amide bonds. The van der Waals surface area contributed by atoms with Crippen LogP contribution in [0.4, 0.5) is 11.4 Å². The molecule has 0 bridgehead atoms. The minimum absolute atomic E-state index is 0.0225. The van der Waals surface area contributed by atoms with Crippen LogP contribution in [0, 0.1) is 16.0 Å². The molecule has 3 atom stereocenters. The highest BCUT2D eigenvalue weighted by molar-refractivity contribution is 9.10. The fraction of sp³-hybridized carbons (Fsp3) is 0.259. The van der Waals surface area contributed by atoms with E-state index in [2.05, 4.69) is 33.4 Å². The first-order valence-corrected chi connectivity index (χ1v) is 12.6. The number of anilines is 1. The van der Waals surface area contributed by atoms with Crippen molar-refractivity contribution in [3.05, 3.63) is 97.0 Å². The molecule has 0 saturated carbocycles. The molecule has 0 unspecified atom stereocenters. The van der Waals surface area contributed by atoms with Gasteiger partial charge >= 0.3 is 0 Å². The normalized spacial score (nSPS) is 19.7. The average Bonchev–Trinajstić information content (AvgIpc) is 3.37. The quantitative estimate of drug-likeness (QED) is 0.180. The van der Waals surface area contributed by atoms with E-state index < -0.39 is 0 Å². The van der Waals surface area contributed by atoms with E-state index in [0.717, 1.165) is 33.3 Å². The van der Waals surface area contributed by atoms with Gasteiger partial charge in [0.15, 0.2) is 11.5 Å². The molecule has 0 saturated heterocycles. The smallest absolute Gasteiger partial charge is 0.273 e. The number of nitrogens with zero attached hydrogens (tertiary/aromatic N) is 1. The summed E-state index contributed by atoms with van der Waals surface area (Å²) >= 11 is 9.96. The number of fused-ring (bicyclic) bond motifs is 3. The summed E-state index contributed by atoms with van der Waals surface area (Å²) in [4.78, 5) is 11.1. The third-order valence-corrected chi connectivity index (χ3v) is 7.75. The van der Waals surface area contributed by atoms with Crippen LogP contribution in [0.5, 0.6) is 17.2 Å². The maximum Gasteiger partial charge on any atom is 0.273 e. The van der Waals surface area contributed by atoms with Gasteiger partial charge in [-0.05, 0) is 57.6 Å². The molecule has 0 radical (unpaired) electrons. The number of rotatable bonds is 7. The van der Waals surface area contributed by atoms with Gasteiger partial charge in [0.2, 0.25) is 0 Å². The van der Waals surface area contributed by atoms with Gasteiger partial charge in [-0.3, -0.25) is 10.1 Å². The van der Waals surface area contributed by atoms with Crippen molar-refractivity contribution in [1.82, 2.24) is 0 Å². The lowest BCUT2D eigenvalue weighted by molar-refractivity contribution is -0.385. The van der Waals surface area contributed by atoms with E-state index in [0.29, 0.717) is 28.9 Å². The van der Waals surface area contributed by atoms with Crippen molar-refractivity contribution >= 4 is 38.9 Å². The van der Waals surface area contributed by atoms with E-state index in [1.807, 2.05) is 36.4 Å². The van der Waals surface area contributed by atoms with Gasteiger partial charge in [0.25, 0.3) is 5.69 Å². The van der Waals surface area contributed by atoms with Gasteiger partial charge < -0.3 is 19.5 Å². The molecule has 0 aromatic heterocycles. The van der Waals surface area contributed by atoms with Crippen molar-refractivity contribution in [2.45, 2.75) is 25.0 Å². The maximum absolute atomic E-state index is 11.5. The molecule has 9 heteroatoms. The Morgan fingerprint density at radius 1 is 1.14 bits per heavy atom. The summed E-state index contributed by atoms with van der Waals surface area (Å²) in [7, 11) is 3.14. The molecule has 3 aromatic carbocycles. The number of nitro groups is 1. The Morgan fingerprint density at radius 2 is 1.92 bits per heavy atom. The molecule has 36 heavy (non-hydrogen) atoms. The van der Waals surface area contributed by atoms with Crippen LogP contribution in [-0.4, -0.2) is 19.1 Å². The standard InChI is InChI=1S/C27H24BrClN2O5/c1-34-23-13-17(31(32)33)12-20-18-7-5-8-19(18)25(30-26(20)23)16-10-21(28)27(24(11-16)35-2)36-14-15-6-3-4-9-22(15)29/h3-7,9-13,18-19,25,30H,8,14H2,1-2H3/t18-,19+,25+/m0/s1. The lowest BCUT2D eigenvalue weighted by Crippen LogP contribution is -2.29. The Bertz CT molecular complexity index is 1360. The summed E-state index contributed by atoms with van der Waals surface area (Å²) in [6.07, 6.45) is 5.11. The predicted molar refractivity (Wildman–Crippen MR) is 142 cm³/mol. The number of ether oxygens (including phenoxy) is 3. The van der Waals surface area contributed by atoms with Crippen molar-refractivity contribution in [2.24, 2.45) is 5.92 Å². The van der Waals surface area contributed by atoms with E-state index in [-0.39, 0.29) is 28.5 Å². The first kappa shape index (κ1) is 24.5. The third kappa shape index (κ3) is 4.40. The SMILES string of the molecule is COc1cc([N+](=O)[O-])cc2c1N[C@H](c1cc(Br)c(OCc3ccccc3Cl)c(OC)c1)[C@@H]1CC=C[C@H]21. The molecule has 186 valence electrons. The molecule has 2 aliphatic rings. The number of non-ortho nitro benzene ring substituents is 1. The maximum atomic E-state index is 11.5. The number of halogens is 2. The molecule has 3 aromatic rings. The van der Waals surface area contributed by atoms with E-state index in [4.69, 9.17) is 25.8 Å². The van der Waals surface area contributed by atoms with Crippen LogP contribution in [0.3, 0.4) is 0 Å². The van der Waals surface area contributed by atoms with Crippen molar-refractivity contribution < 1.29 is 19.1 Å². The Hall–Kier alpha value is -3.23. The molecule has 1 aliphatic heterocycles. The van der Waals surface area contributed by atoms with Crippen molar-refractivity contribution in [3.63, 3.8) is 0 Å². The van der Waals surface area contributed by atoms with Gasteiger partial charge in [0.05, 0.1) is 41.4 Å². The van der Waals surface area contributed by atoms with Crippen molar-refractivity contribution in [2.75, 3.05) is 19.5 Å². The second-order valence-electron chi connectivity index (χ2n) is 8.76. The highest BCUT2D eigenvalue weighted by Gasteiger charge is 2.40. The Morgan fingerprint density at radius 3 is 2.64 bits per heavy atom. The number of methoxy groups -OCH3 is 2. The van der Waals surface area contributed by atoms with Gasteiger partial charge in [-0.1, -0.05) is 42.0 Å². The zero-order valence-corrected chi connectivity index (χ0v) is 22.0. The molecule has 7 nitrogen and oxygen atoms in total. The third-order valence-electron chi connectivity index (χ3n) is 6.79. The lowest BCUT2D eigenvalue weighted by atomic mass is 9.76.